The highest BCUT2D eigenvalue weighted by atomic mass is 16.7. The molecule has 1 aromatic carbocycles. The van der Waals surface area contributed by atoms with Crippen molar-refractivity contribution >= 4 is 0 Å². The quantitative estimate of drug-likeness (QED) is 0.810. The van der Waals surface area contributed by atoms with Crippen LogP contribution in [0.2, 0.25) is 0 Å². The zero-order valence-corrected chi connectivity index (χ0v) is 8.52. The predicted octanol–water partition coefficient (Wildman–Crippen LogP) is 1.66. The number of nitrogens with zero attached hydrogens (tertiary/aromatic N) is 1. The van der Waals surface area contributed by atoms with E-state index in [1.165, 1.54) is 5.56 Å². The van der Waals surface area contributed by atoms with Crippen LogP contribution in [0.25, 0.3) is 0 Å². The number of hydroxylamine groups is 1. The Balaban J connectivity index is 1.97. The normalized spacial score (nSPS) is 25.0. The maximum atomic E-state index is 8.66. The van der Waals surface area contributed by atoms with Crippen molar-refractivity contribution in [2.24, 2.45) is 5.92 Å². The molecule has 0 aromatic heterocycles. The molecule has 78 valence electrons. The summed E-state index contributed by atoms with van der Waals surface area (Å²) in [6.45, 7) is 0.696. The summed E-state index contributed by atoms with van der Waals surface area (Å²) in [7, 11) is 0. The van der Waals surface area contributed by atoms with Crippen LogP contribution in [0.3, 0.4) is 0 Å². The van der Waals surface area contributed by atoms with Gasteiger partial charge in [0.05, 0.1) is 25.1 Å². The van der Waals surface area contributed by atoms with Gasteiger partial charge >= 0.3 is 0 Å². The molecule has 0 amide bonds. The molecule has 1 aromatic rings. The summed E-state index contributed by atoms with van der Waals surface area (Å²) in [4.78, 5) is 5.19. The van der Waals surface area contributed by atoms with Gasteiger partial charge < -0.3 is 4.84 Å². The summed E-state index contributed by atoms with van der Waals surface area (Å²) in [6, 6.07) is 12.7. The predicted molar refractivity (Wildman–Crippen MR) is 56.7 cm³/mol. The summed E-state index contributed by atoms with van der Waals surface area (Å²) in [5.74, 6) is 0.409. The SMILES string of the molecule is N#CCC1NOCC1Cc1ccccc1. The van der Waals surface area contributed by atoms with Gasteiger partial charge in [-0.2, -0.15) is 10.7 Å². The molecule has 2 atom stereocenters. The molecule has 2 unspecified atom stereocenters. The maximum Gasteiger partial charge on any atom is 0.0729 e. The van der Waals surface area contributed by atoms with E-state index in [1.54, 1.807) is 0 Å². The molecule has 1 fully saturated rings. The van der Waals surface area contributed by atoms with Crippen molar-refractivity contribution in [2.45, 2.75) is 18.9 Å². The number of nitriles is 1. The lowest BCUT2D eigenvalue weighted by Crippen LogP contribution is -2.27. The fraction of sp³-hybridized carbons (Fsp3) is 0.417. The van der Waals surface area contributed by atoms with Crippen molar-refractivity contribution in [3.63, 3.8) is 0 Å². The lowest BCUT2D eigenvalue weighted by atomic mass is 9.92. The standard InChI is InChI=1S/C12H14N2O/c13-7-6-12-11(9-15-14-12)8-10-4-2-1-3-5-10/h1-5,11-12,14H,6,8-9H2. The third kappa shape index (κ3) is 2.56. The summed E-state index contributed by atoms with van der Waals surface area (Å²) < 4.78 is 0. The Kier molecular flexibility index (Phi) is 3.33. The van der Waals surface area contributed by atoms with Crippen LogP contribution in [0.1, 0.15) is 12.0 Å². The van der Waals surface area contributed by atoms with Gasteiger partial charge in [-0.05, 0) is 12.0 Å². The number of hydrogen-bond acceptors (Lipinski definition) is 3. The minimum Gasteiger partial charge on any atom is -0.301 e. The molecule has 3 nitrogen and oxygen atoms in total. The van der Waals surface area contributed by atoms with E-state index in [0.717, 1.165) is 6.42 Å². The third-order valence-corrected chi connectivity index (χ3v) is 2.75. The fourth-order valence-corrected chi connectivity index (χ4v) is 1.90. The van der Waals surface area contributed by atoms with Gasteiger partial charge in [-0.3, -0.25) is 0 Å². The molecular weight excluding hydrogens is 188 g/mol. The Labute approximate surface area is 89.6 Å². The minimum absolute atomic E-state index is 0.176. The average Bonchev–Trinajstić information content (AvgIpc) is 2.68. The van der Waals surface area contributed by atoms with E-state index in [1.807, 2.05) is 18.2 Å². The second kappa shape index (κ2) is 4.92. The Morgan fingerprint density at radius 1 is 1.40 bits per heavy atom. The van der Waals surface area contributed by atoms with E-state index >= 15 is 0 Å². The summed E-state index contributed by atoms with van der Waals surface area (Å²) in [6.07, 6.45) is 1.48. The van der Waals surface area contributed by atoms with Crippen LogP contribution in [0.4, 0.5) is 0 Å². The smallest absolute Gasteiger partial charge is 0.0729 e. The topological polar surface area (TPSA) is 45.0 Å². The highest BCUT2D eigenvalue weighted by molar-refractivity contribution is 5.16. The number of rotatable bonds is 3. The summed E-state index contributed by atoms with van der Waals surface area (Å²) in [5, 5.41) is 8.66. The molecule has 1 heterocycles. The number of hydrogen-bond donors (Lipinski definition) is 1. The summed E-state index contributed by atoms with van der Waals surface area (Å²) in [5.41, 5.74) is 4.21. The third-order valence-electron chi connectivity index (χ3n) is 2.75. The van der Waals surface area contributed by atoms with Gasteiger partial charge in [-0.25, -0.2) is 0 Å². The first kappa shape index (κ1) is 10.2. The molecule has 1 N–H and O–H groups in total. The van der Waals surface area contributed by atoms with E-state index in [2.05, 4.69) is 23.7 Å². The molecule has 15 heavy (non-hydrogen) atoms. The second-order valence-corrected chi connectivity index (χ2v) is 3.85. The molecule has 0 aliphatic carbocycles. The van der Waals surface area contributed by atoms with Gasteiger partial charge in [-0.1, -0.05) is 30.3 Å². The molecule has 0 spiro atoms. The Morgan fingerprint density at radius 2 is 2.20 bits per heavy atom. The highest BCUT2D eigenvalue weighted by Crippen LogP contribution is 2.19. The van der Waals surface area contributed by atoms with Crippen LogP contribution in [-0.4, -0.2) is 12.6 Å². The highest BCUT2D eigenvalue weighted by Gasteiger charge is 2.27. The lowest BCUT2D eigenvalue weighted by molar-refractivity contribution is 0.0866. The maximum absolute atomic E-state index is 8.66. The Morgan fingerprint density at radius 3 is 2.93 bits per heavy atom. The van der Waals surface area contributed by atoms with Crippen LogP contribution < -0.4 is 5.48 Å². The van der Waals surface area contributed by atoms with Gasteiger partial charge in [-0.15, -0.1) is 0 Å². The van der Waals surface area contributed by atoms with Crippen molar-refractivity contribution in [2.75, 3.05) is 6.61 Å². The van der Waals surface area contributed by atoms with Gasteiger partial charge in [0.25, 0.3) is 0 Å². The lowest BCUT2D eigenvalue weighted by Gasteiger charge is -2.13. The largest absolute Gasteiger partial charge is 0.301 e. The van der Waals surface area contributed by atoms with Crippen molar-refractivity contribution in [3.8, 4) is 6.07 Å². The van der Waals surface area contributed by atoms with Crippen molar-refractivity contribution in [1.82, 2.24) is 5.48 Å². The minimum atomic E-state index is 0.176. The molecule has 3 heteroatoms. The van der Waals surface area contributed by atoms with Gasteiger partial charge in [0.15, 0.2) is 0 Å². The molecule has 0 saturated carbocycles. The van der Waals surface area contributed by atoms with Gasteiger partial charge in [0.2, 0.25) is 0 Å². The number of nitrogens with one attached hydrogen (secondary N) is 1. The van der Waals surface area contributed by atoms with Crippen LogP contribution in [0.15, 0.2) is 30.3 Å². The average molecular weight is 202 g/mol. The van der Waals surface area contributed by atoms with E-state index < -0.39 is 0 Å². The molecule has 0 radical (unpaired) electrons. The van der Waals surface area contributed by atoms with E-state index in [-0.39, 0.29) is 6.04 Å². The first-order chi connectivity index (χ1) is 7.40. The molecule has 2 rings (SSSR count). The molecule has 1 aliphatic rings. The van der Waals surface area contributed by atoms with Crippen molar-refractivity contribution in [1.29, 1.82) is 5.26 Å². The molecule has 1 saturated heterocycles. The Bertz CT molecular complexity index is 344. The monoisotopic (exact) mass is 202 g/mol. The fourth-order valence-electron chi connectivity index (χ4n) is 1.90. The number of benzene rings is 1. The summed E-state index contributed by atoms with van der Waals surface area (Å²) >= 11 is 0. The first-order valence-electron chi connectivity index (χ1n) is 5.18. The van der Waals surface area contributed by atoms with Crippen molar-refractivity contribution < 1.29 is 4.84 Å². The zero-order chi connectivity index (χ0) is 10.5. The van der Waals surface area contributed by atoms with Crippen LogP contribution in [0, 0.1) is 17.2 Å². The van der Waals surface area contributed by atoms with E-state index in [0.29, 0.717) is 18.9 Å². The molecular formula is C12H14N2O. The van der Waals surface area contributed by atoms with E-state index in [4.69, 9.17) is 10.1 Å². The van der Waals surface area contributed by atoms with Gasteiger partial charge in [0.1, 0.15) is 0 Å². The molecule has 0 bridgehead atoms. The van der Waals surface area contributed by atoms with Crippen LogP contribution in [0.5, 0.6) is 0 Å². The van der Waals surface area contributed by atoms with Crippen molar-refractivity contribution in [3.05, 3.63) is 35.9 Å². The zero-order valence-electron chi connectivity index (χ0n) is 8.52. The first-order valence-corrected chi connectivity index (χ1v) is 5.18. The van der Waals surface area contributed by atoms with Gasteiger partial charge in [0, 0.05) is 5.92 Å². The second-order valence-electron chi connectivity index (χ2n) is 3.85. The van der Waals surface area contributed by atoms with E-state index in [9.17, 15) is 0 Å². The Hall–Kier alpha value is -1.37. The molecule has 1 aliphatic heterocycles. The van der Waals surface area contributed by atoms with Crippen LogP contribution in [-0.2, 0) is 11.3 Å². The van der Waals surface area contributed by atoms with Crippen LogP contribution >= 0.6 is 0 Å².